The fourth-order valence-corrected chi connectivity index (χ4v) is 0.858. The van der Waals surface area contributed by atoms with E-state index in [1.807, 2.05) is 5.70 Å². The van der Waals surface area contributed by atoms with Gasteiger partial charge in [-0.05, 0) is 0 Å². The van der Waals surface area contributed by atoms with Crippen LogP contribution in [0.5, 0.6) is 0 Å². The second-order valence-electron chi connectivity index (χ2n) is 1.42. The van der Waals surface area contributed by atoms with Gasteiger partial charge in [-0.1, -0.05) is 0 Å². The van der Waals surface area contributed by atoms with E-state index in [2.05, 4.69) is 11.3 Å². The predicted molar refractivity (Wildman–Crippen MR) is 35.4 cm³/mol. The first-order valence-corrected chi connectivity index (χ1v) is 4.33. The standard InChI is InChI=1S/C5H10O2Si/c1-3-8-4-7-5(2)6/h3H,1,4,8H2,2H3. The van der Waals surface area contributed by atoms with Crippen LogP contribution in [0.25, 0.3) is 0 Å². The van der Waals surface area contributed by atoms with Crippen molar-refractivity contribution in [2.75, 3.05) is 6.23 Å². The molecule has 0 aliphatic rings. The Kier molecular flexibility index (Phi) is 4.25. The van der Waals surface area contributed by atoms with E-state index in [0.717, 1.165) is 0 Å². The minimum Gasteiger partial charge on any atom is -0.470 e. The molecule has 0 saturated heterocycles. The van der Waals surface area contributed by atoms with Crippen molar-refractivity contribution in [1.29, 1.82) is 0 Å². The summed E-state index contributed by atoms with van der Waals surface area (Å²) in [6.45, 7) is 4.94. The van der Waals surface area contributed by atoms with Crippen LogP contribution in [-0.4, -0.2) is 21.7 Å². The number of hydrogen-bond donors (Lipinski definition) is 0. The molecule has 0 spiro atoms. The van der Waals surface area contributed by atoms with E-state index in [1.165, 1.54) is 6.92 Å². The fraction of sp³-hybridized carbons (Fsp3) is 0.400. The highest BCUT2D eigenvalue weighted by molar-refractivity contribution is 6.41. The Hall–Kier alpha value is -0.573. The Labute approximate surface area is 51.4 Å². The first-order chi connectivity index (χ1) is 3.77. The third-order valence-corrected chi connectivity index (χ3v) is 1.48. The van der Waals surface area contributed by atoms with Crippen molar-refractivity contribution in [1.82, 2.24) is 0 Å². The van der Waals surface area contributed by atoms with Crippen LogP contribution in [0.4, 0.5) is 0 Å². The van der Waals surface area contributed by atoms with Gasteiger partial charge in [0.1, 0.15) is 0 Å². The molecule has 0 fully saturated rings. The highest BCUT2D eigenvalue weighted by Crippen LogP contribution is 1.72. The SMILES string of the molecule is C=C[SiH2]COC(C)=O. The van der Waals surface area contributed by atoms with Crippen LogP contribution < -0.4 is 0 Å². The van der Waals surface area contributed by atoms with Gasteiger partial charge in [0.2, 0.25) is 0 Å². The Morgan fingerprint density at radius 2 is 2.62 bits per heavy atom. The Balaban J connectivity index is 2.93. The molecule has 0 N–H and O–H groups in total. The quantitative estimate of drug-likeness (QED) is 0.301. The molecule has 0 aliphatic heterocycles. The van der Waals surface area contributed by atoms with Gasteiger partial charge >= 0.3 is 5.97 Å². The summed E-state index contributed by atoms with van der Waals surface area (Å²) in [5, 5.41) is 0. The first kappa shape index (κ1) is 7.43. The minimum absolute atomic E-state index is 0.195. The van der Waals surface area contributed by atoms with E-state index in [4.69, 9.17) is 0 Å². The van der Waals surface area contributed by atoms with Crippen molar-refractivity contribution in [2.24, 2.45) is 0 Å². The van der Waals surface area contributed by atoms with E-state index in [9.17, 15) is 4.79 Å². The molecular weight excluding hydrogens is 120 g/mol. The summed E-state index contributed by atoms with van der Waals surface area (Å²) in [6, 6.07) is 0. The maximum atomic E-state index is 10.1. The summed E-state index contributed by atoms with van der Waals surface area (Å²) in [6.07, 6.45) is 0.596. The van der Waals surface area contributed by atoms with Gasteiger partial charge in [0, 0.05) is 6.92 Å². The lowest BCUT2D eigenvalue weighted by Gasteiger charge is -1.94. The van der Waals surface area contributed by atoms with E-state index in [0.29, 0.717) is 6.23 Å². The van der Waals surface area contributed by atoms with Gasteiger partial charge in [-0.15, -0.1) is 12.3 Å². The molecule has 0 aromatic heterocycles. The van der Waals surface area contributed by atoms with Gasteiger partial charge < -0.3 is 4.74 Å². The zero-order valence-electron chi connectivity index (χ0n) is 5.02. The zero-order valence-corrected chi connectivity index (χ0v) is 6.43. The predicted octanol–water partition coefficient (Wildman–Crippen LogP) is -0.181. The molecule has 8 heavy (non-hydrogen) atoms. The van der Waals surface area contributed by atoms with Crippen molar-refractivity contribution in [3.8, 4) is 0 Å². The molecular formula is C5H10O2Si. The molecule has 0 aliphatic carbocycles. The highest BCUT2D eigenvalue weighted by atomic mass is 28.2. The minimum atomic E-state index is -0.300. The molecule has 0 radical (unpaired) electrons. The lowest BCUT2D eigenvalue weighted by molar-refractivity contribution is -0.138. The fourth-order valence-electron chi connectivity index (χ4n) is 0.286. The molecule has 3 heteroatoms. The van der Waals surface area contributed by atoms with Crippen molar-refractivity contribution in [3.63, 3.8) is 0 Å². The average Bonchev–Trinajstić information content (AvgIpc) is 1.66. The number of rotatable bonds is 3. The van der Waals surface area contributed by atoms with Crippen LogP contribution in [0.2, 0.25) is 0 Å². The maximum Gasteiger partial charge on any atom is 0.302 e. The molecule has 0 heterocycles. The third kappa shape index (κ3) is 5.43. The molecule has 0 aromatic carbocycles. The summed E-state index contributed by atoms with van der Waals surface area (Å²) in [5.74, 6) is -0.195. The van der Waals surface area contributed by atoms with Crippen LogP contribution in [-0.2, 0) is 9.53 Å². The number of carbonyl (C=O) groups excluding carboxylic acids is 1. The van der Waals surface area contributed by atoms with Crippen molar-refractivity contribution >= 4 is 15.5 Å². The summed E-state index contributed by atoms with van der Waals surface area (Å²) in [7, 11) is -0.300. The summed E-state index contributed by atoms with van der Waals surface area (Å²) in [4.78, 5) is 10.1. The summed E-state index contributed by atoms with van der Waals surface area (Å²) in [5.41, 5.74) is 1.85. The van der Waals surface area contributed by atoms with E-state index in [1.54, 1.807) is 0 Å². The van der Waals surface area contributed by atoms with E-state index >= 15 is 0 Å². The zero-order chi connectivity index (χ0) is 6.41. The monoisotopic (exact) mass is 130 g/mol. The number of carbonyl (C=O) groups is 1. The second-order valence-corrected chi connectivity index (χ2v) is 2.98. The third-order valence-electron chi connectivity index (χ3n) is 0.627. The van der Waals surface area contributed by atoms with Gasteiger partial charge in [0.05, 0.1) is 15.7 Å². The van der Waals surface area contributed by atoms with Gasteiger partial charge in [-0.3, -0.25) is 4.79 Å². The van der Waals surface area contributed by atoms with Crippen LogP contribution >= 0.6 is 0 Å². The van der Waals surface area contributed by atoms with Crippen molar-refractivity contribution < 1.29 is 9.53 Å². The highest BCUT2D eigenvalue weighted by Gasteiger charge is 1.87. The van der Waals surface area contributed by atoms with Gasteiger partial charge in [-0.2, -0.15) is 0 Å². The molecule has 0 unspecified atom stereocenters. The lowest BCUT2D eigenvalue weighted by atomic mass is 10.8. The molecule has 0 bridgehead atoms. The second kappa shape index (κ2) is 4.58. The van der Waals surface area contributed by atoms with Crippen LogP contribution in [0.3, 0.4) is 0 Å². The van der Waals surface area contributed by atoms with Crippen molar-refractivity contribution in [3.05, 3.63) is 12.3 Å². The first-order valence-electron chi connectivity index (χ1n) is 2.51. The molecule has 0 amide bonds. The number of esters is 1. The van der Waals surface area contributed by atoms with E-state index < -0.39 is 0 Å². The van der Waals surface area contributed by atoms with Gasteiger partial charge in [-0.25, -0.2) is 0 Å². The van der Waals surface area contributed by atoms with Crippen LogP contribution in [0, 0.1) is 0 Å². The number of hydrogen-bond acceptors (Lipinski definition) is 2. The van der Waals surface area contributed by atoms with Crippen molar-refractivity contribution in [2.45, 2.75) is 6.92 Å². The summed E-state index contributed by atoms with van der Waals surface area (Å²) >= 11 is 0. The molecule has 0 rings (SSSR count). The van der Waals surface area contributed by atoms with Gasteiger partial charge in [0.25, 0.3) is 0 Å². The molecule has 0 atom stereocenters. The summed E-state index contributed by atoms with van der Waals surface area (Å²) < 4.78 is 4.63. The maximum absolute atomic E-state index is 10.1. The molecule has 0 aromatic rings. The van der Waals surface area contributed by atoms with Crippen LogP contribution in [0.1, 0.15) is 6.92 Å². The average molecular weight is 130 g/mol. The van der Waals surface area contributed by atoms with Crippen LogP contribution in [0.15, 0.2) is 12.3 Å². The Morgan fingerprint density at radius 1 is 2.00 bits per heavy atom. The lowest BCUT2D eigenvalue weighted by Crippen LogP contribution is -2.04. The Bertz CT molecular complexity index is 90.4. The van der Waals surface area contributed by atoms with E-state index in [-0.39, 0.29) is 15.5 Å². The normalized spacial score (nSPS) is 9.62. The molecule has 46 valence electrons. The molecule has 2 nitrogen and oxygen atoms in total. The molecule has 0 saturated carbocycles. The number of ether oxygens (including phenoxy) is 1. The smallest absolute Gasteiger partial charge is 0.302 e. The van der Waals surface area contributed by atoms with Gasteiger partial charge in [0.15, 0.2) is 0 Å². The topological polar surface area (TPSA) is 26.3 Å². The largest absolute Gasteiger partial charge is 0.470 e. The Morgan fingerprint density at radius 3 is 3.00 bits per heavy atom.